The monoisotopic (exact) mass is 706 g/mol. The molecule has 48 heavy (non-hydrogen) atoms. The van der Waals surface area contributed by atoms with Crippen molar-refractivity contribution in [3.8, 4) is 6.07 Å². The van der Waals surface area contributed by atoms with Crippen molar-refractivity contribution in [3.63, 3.8) is 0 Å². The molecular weight excluding hydrogens is 661 g/mol. The number of nitriles is 1. The highest BCUT2D eigenvalue weighted by Crippen LogP contribution is 2.40. The number of aliphatic hydroxyl groups excluding tert-OH is 1. The van der Waals surface area contributed by atoms with Gasteiger partial charge in [-0.1, -0.05) is 62.2 Å². The molecule has 3 aromatic rings. The summed E-state index contributed by atoms with van der Waals surface area (Å²) in [6.07, 6.45) is 1.65. The molecule has 9 nitrogen and oxygen atoms in total. The quantitative estimate of drug-likeness (QED) is 0.154. The van der Waals surface area contributed by atoms with Gasteiger partial charge in [-0.2, -0.15) is 10.4 Å². The van der Waals surface area contributed by atoms with Gasteiger partial charge in [-0.05, 0) is 70.1 Å². The minimum atomic E-state index is -1.31. The molecule has 0 unspecified atom stereocenters. The van der Waals surface area contributed by atoms with Crippen LogP contribution in [0.1, 0.15) is 64.0 Å². The summed E-state index contributed by atoms with van der Waals surface area (Å²) in [6, 6.07) is 10.7. The largest absolute Gasteiger partial charge is 0.389 e. The lowest BCUT2D eigenvalue weighted by Gasteiger charge is -2.32. The number of aliphatic hydroxyl groups is 1. The molecule has 3 N–H and O–H groups in total. The first-order valence-corrected chi connectivity index (χ1v) is 16.5. The van der Waals surface area contributed by atoms with Gasteiger partial charge < -0.3 is 25.4 Å². The lowest BCUT2D eigenvalue weighted by molar-refractivity contribution is -0.118. The van der Waals surface area contributed by atoms with E-state index in [4.69, 9.17) is 27.9 Å². The molecule has 0 spiro atoms. The van der Waals surface area contributed by atoms with Crippen LogP contribution in [0.3, 0.4) is 0 Å². The predicted molar refractivity (Wildman–Crippen MR) is 185 cm³/mol. The van der Waals surface area contributed by atoms with Gasteiger partial charge in [-0.15, -0.1) is 0 Å². The molecule has 4 atom stereocenters. The molecule has 0 aliphatic heterocycles. The molecule has 262 valence electrons. The molecule has 0 bridgehead atoms. The first-order valence-electron chi connectivity index (χ1n) is 15.7. The highest BCUT2D eigenvalue weighted by molar-refractivity contribution is 6.31. The molecule has 0 fully saturated rings. The van der Waals surface area contributed by atoms with E-state index in [1.807, 2.05) is 53.6 Å². The van der Waals surface area contributed by atoms with Gasteiger partial charge in [0, 0.05) is 35.3 Å². The zero-order valence-corrected chi connectivity index (χ0v) is 30.0. The Labute approximate surface area is 292 Å². The van der Waals surface area contributed by atoms with Crippen LogP contribution in [0, 0.1) is 28.4 Å². The molecule has 2 aromatic carbocycles. The number of benzene rings is 2. The minimum Gasteiger partial charge on any atom is -0.389 e. The summed E-state index contributed by atoms with van der Waals surface area (Å²) in [4.78, 5) is 16.0. The fraction of sp³-hybridized carbons (Fsp3) is 0.514. The molecule has 0 aliphatic rings. The average molecular weight is 708 g/mol. The predicted octanol–water partition coefficient (Wildman–Crippen LogP) is 6.61. The second-order valence-corrected chi connectivity index (χ2v) is 14.9. The third kappa shape index (κ3) is 11.5. The van der Waals surface area contributed by atoms with Crippen molar-refractivity contribution in [1.82, 2.24) is 20.0 Å². The van der Waals surface area contributed by atoms with Crippen molar-refractivity contribution < 1.29 is 23.4 Å². The van der Waals surface area contributed by atoms with E-state index in [0.29, 0.717) is 26.1 Å². The van der Waals surface area contributed by atoms with Gasteiger partial charge >= 0.3 is 0 Å². The number of likely N-dealkylation sites (N-methyl/N-ethyl adjacent to an activating group) is 1. The number of hydrogen-bond donors (Lipinski definition) is 3. The maximum Gasteiger partial charge on any atom is 0.243 e. The fourth-order valence-electron chi connectivity index (χ4n) is 5.36. The molecule has 0 radical (unpaired) electrons. The number of nitrogens with zero attached hydrogens (tertiary/aromatic N) is 4. The first kappa shape index (κ1) is 39.3. The van der Waals surface area contributed by atoms with E-state index in [1.165, 1.54) is 30.3 Å². The second kappa shape index (κ2) is 17.0. The van der Waals surface area contributed by atoms with Crippen molar-refractivity contribution in [3.05, 3.63) is 81.5 Å². The van der Waals surface area contributed by atoms with Crippen LogP contribution < -0.4 is 10.6 Å². The van der Waals surface area contributed by atoms with Crippen LogP contribution in [-0.2, 0) is 16.1 Å². The van der Waals surface area contributed by atoms with Crippen molar-refractivity contribution in [2.24, 2.45) is 5.41 Å². The topological polar surface area (TPSA) is 115 Å². The molecular formula is C35H46Cl2F2N6O3. The number of amides is 1. The number of nitrogens with one attached hydrogen (secondary N) is 2. The number of halogens is 4. The van der Waals surface area contributed by atoms with Crippen molar-refractivity contribution in [1.29, 1.82) is 5.26 Å². The van der Waals surface area contributed by atoms with E-state index >= 15 is 8.78 Å². The number of aromatic nitrogens is 2. The molecule has 13 heteroatoms. The second-order valence-electron chi connectivity index (χ2n) is 14.1. The number of carbonyl (C=O) groups is 1. The van der Waals surface area contributed by atoms with E-state index in [2.05, 4.69) is 21.8 Å². The SMILES string of the molecule is CN(C)C[C@H](O)COC(C)(C)Cn1ccc(NC(=O)[C@H](NCCC(C)(C)C)[C@H](c2cccc(Cl)c2F)[C@@H](C#N)c2ccc(Cl)cc2F)n1. The first-order chi connectivity index (χ1) is 22.4. The summed E-state index contributed by atoms with van der Waals surface area (Å²) in [5.74, 6) is -4.48. The van der Waals surface area contributed by atoms with Crippen LogP contribution in [-0.4, -0.2) is 77.2 Å². The zero-order valence-electron chi connectivity index (χ0n) is 28.5. The van der Waals surface area contributed by atoms with E-state index in [-0.39, 0.29) is 39.0 Å². The van der Waals surface area contributed by atoms with E-state index < -0.39 is 47.1 Å². The summed E-state index contributed by atoms with van der Waals surface area (Å²) in [6.45, 7) is 11.1. The number of hydrogen-bond acceptors (Lipinski definition) is 7. The standard InChI is InChI=1S/C35H46Cl2F2N6O3/c1-34(2,3)14-15-41-32(33(47)42-29-13-16-45(43-29)21-35(4,5)48-20-23(46)19-44(6)7)30(25-9-8-10-27(37)31(25)39)26(18-40)24-12-11-22(36)17-28(24)38/h8-13,16-17,23,26,30,32,41,46H,14-15,19-21H2,1-7H3,(H,42,43,47)/t23-,26-,30+,32+/m0/s1. The number of carbonyl (C=O) groups excluding carboxylic acids is 1. The Balaban J connectivity index is 1.97. The molecule has 0 aliphatic carbocycles. The Morgan fingerprint density at radius 2 is 1.83 bits per heavy atom. The molecule has 1 heterocycles. The highest BCUT2D eigenvalue weighted by atomic mass is 35.5. The highest BCUT2D eigenvalue weighted by Gasteiger charge is 2.40. The van der Waals surface area contributed by atoms with Crippen LogP contribution >= 0.6 is 23.2 Å². The third-order valence-electron chi connectivity index (χ3n) is 7.69. The van der Waals surface area contributed by atoms with Crippen LogP contribution in [0.4, 0.5) is 14.6 Å². The lowest BCUT2D eigenvalue weighted by atomic mass is 9.76. The molecule has 0 saturated heterocycles. The van der Waals surface area contributed by atoms with Crippen LogP contribution in [0.5, 0.6) is 0 Å². The average Bonchev–Trinajstić information content (AvgIpc) is 3.40. The van der Waals surface area contributed by atoms with Gasteiger partial charge in [0.2, 0.25) is 5.91 Å². The summed E-state index contributed by atoms with van der Waals surface area (Å²) in [5.41, 5.74) is -0.871. The van der Waals surface area contributed by atoms with Crippen molar-refractivity contribution >= 4 is 34.9 Å². The molecule has 1 aromatic heterocycles. The maximum atomic E-state index is 15.8. The summed E-state index contributed by atoms with van der Waals surface area (Å²) >= 11 is 12.2. The summed E-state index contributed by atoms with van der Waals surface area (Å²) < 4.78 is 38.7. The Bertz CT molecular complexity index is 1570. The lowest BCUT2D eigenvalue weighted by Crippen LogP contribution is -2.47. The fourth-order valence-corrected chi connectivity index (χ4v) is 5.70. The number of ether oxygens (including phenoxy) is 1. The van der Waals surface area contributed by atoms with Gasteiger partial charge in [0.25, 0.3) is 0 Å². The Kier molecular flexibility index (Phi) is 13.9. The Hall–Kier alpha value is -3.11. The van der Waals surface area contributed by atoms with Gasteiger partial charge in [-0.3, -0.25) is 9.48 Å². The molecule has 1 amide bonds. The Morgan fingerprint density at radius 3 is 2.46 bits per heavy atom. The zero-order chi connectivity index (χ0) is 35.8. The van der Waals surface area contributed by atoms with Crippen LogP contribution in [0.25, 0.3) is 0 Å². The van der Waals surface area contributed by atoms with Gasteiger partial charge in [0.05, 0.1) is 47.9 Å². The summed E-state index contributed by atoms with van der Waals surface area (Å²) in [5, 5.41) is 31.1. The van der Waals surface area contributed by atoms with Gasteiger partial charge in [-0.25, -0.2) is 8.78 Å². The van der Waals surface area contributed by atoms with E-state index in [0.717, 1.165) is 6.07 Å². The van der Waals surface area contributed by atoms with Crippen LogP contribution in [0.2, 0.25) is 10.0 Å². The maximum absolute atomic E-state index is 15.8. The Morgan fingerprint density at radius 1 is 1.12 bits per heavy atom. The normalized spacial score (nSPS) is 14.8. The van der Waals surface area contributed by atoms with Crippen LogP contribution in [0.15, 0.2) is 48.7 Å². The smallest absolute Gasteiger partial charge is 0.243 e. The van der Waals surface area contributed by atoms with Crippen molar-refractivity contribution in [2.45, 2.75) is 77.2 Å². The number of rotatable bonds is 16. The third-order valence-corrected chi connectivity index (χ3v) is 8.22. The van der Waals surface area contributed by atoms with Gasteiger partial charge in [0.15, 0.2) is 5.82 Å². The molecule has 0 saturated carbocycles. The molecule has 3 rings (SSSR count). The van der Waals surface area contributed by atoms with Crippen molar-refractivity contribution in [2.75, 3.05) is 39.1 Å². The van der Waals surface area contributed by atoms with E-state index in [1.54, 1.807) is 16.9 Å². The van der Waals surface area contributed by atoms with Gasteiger partial charge in [0.1, 0.15) is 11.6 Å². The number of anilines is 1. The van der Waals surface area contributed by atoms with E-state index in [9.17, 15) is 15.2 Å². The minimum absolute atomic E-state index is 0.0207. The summed E-state index contributed by atoms with van der Waals surface area (Å²) in [7, 11) is 3.73.